The van der Waals surface area contributed by atoms with Crippen molar-refractivity contribution in [3.63, 3.8) is 0 Å². The van der Waals surface area contributed by atoms with Gasteiger partial charge in [0.1, 0.15) is 18.9 Å². The number of aryl methyl sites for hydroxylation is 1. The zero-order valence-corrected chi connectivity index (χ0v) is 31.4. The van der Waals surface area contributed by atoms with Crippen LogP contribution in [-0.2, 0) is 32.7 Å². The topological polar surface area (TPSA) is 166 Å². The summed E-state index contributed by atoms with van der Waals surface area (Å²) < 4.78 is 24.5. The van der Waals surface area contributed by atoms with Crippen LogP contribution in [0.3, 0.4) is 0 Å². The summed E-state index contributed by atoms with van der Waals surface area (Å²) in [7, 11) is 3.56. The number of esters is 1. The largest absolute Gasteiger partial charge is 0.504 e. The summed E-state index contributed by atoms with van der Waals surface area (Å²) in [6, 6.07) is 6.85. The van der Waals surface area contributed by atoms with Crippen LogP contribution in [-0.4, -0.2) is 99.7 Å². The monoisotopic (exact) mass is 754 g/mol. The first-order chi connectivity index (χ1) is 26.0. The van der Waals surface area contributed by atoms with Crippen LogP contribution < -0.4 is 19.5 Å². The molecule has 7 aliphatic heterocycles. The number of carbonyl (C=O) groups is 2. The van der Waals surface area contributed by atoms with Gasteiger partial charge in [0.15, 0.2) is 28.5 Å². The Bertz CT molecular complexity index is 2310. The minimum atomic E-state index is -1.54. The van der Waals surface area contributed by atoms with E-state index in [1.807, 2.05) is 45.2 Å². The lowest BCUT2D eigenvalue weighted by Gasteiger charge is -2.62. The highest BCUT2D eigenvalue weighted by molar-refractivity contribution is 7.99. The molecule has 3 aromatic carbocycles. The number of phenols is 1. The lowest BCUT2D eigenvalue weighted by molar-refractivity contribution is -0.186. The summed E-state index contributed by atoms with van der Waals surface area (Å²) in [6.45, 7) is 5.90. The van der Waals surface area contributed by atoms with Gasteiger partial charge < -0.3 is 39.3 Å². The lowest BCUT2D eigenvalue weighted by atomic mass is 9.72. The molecule has 8 heterocycles. The third-order valence-corrected chi connectivity index (χ3v) is 14.6. The maximum atomic E-state index is 14.9. The van der Waals surface area contributed by atoms with Crippen molar-refractivity contribution in [3.8, 4) is 23.0 Å². The normalized spacial score (nSPS) is 31.1. The minimum absolute atomic E-state index is 0.0452. The maximum absolute atomic E-state index is 14.9. The number of nitrogens with one attached hydrogen (secondary N) is 2. The molecule has 4 aromatic rings. The Kier molecular flexibility index (Phi) is 7.42. The van der Waals surface area contributed by atoms with Crippen molar-refractivity contribution in [2.45, 2.75) is 80.8 Å². The van der Waals surface area contributed by atoms with Crippen molar-refractivity contribution in [1.82, 2.24) is 20.1 Å². The molecule has 13 nitrogen and oxygen atoms in total. The minimum Gasteiger partial charge on any atom is -0.504 e. The van der Waals surface area contributed by atoms with Crippen LogP contribution in [0.1, 0.15) is 67.5 Å². The average molecular weight is 755 g/mol. The van der Waals surface area contributed by atoms with E-state index in [1.54, 1.807) is 7.11 Å². The Morgan fingerprint density at radius 1 is 1.06 bits per heavy atom. The molecular weight excluding hydrogens is 713 g/mol. The molecule has 8 atom stereocenters. The van der Waals surface area contributed by atoms with E-state index in [9.17, 15) is 24.9 Å². The molecule has 0 amide bonds. The number of phenolic OH excluding ortho intramolecular Hbond substituents is 1. The van der Waals surface area contributed by atoms with Crippen molar-refractivity contribution in [1.29, 1.82) is 0 Å². The number of H-pyrrole nitrogens is 1. The van der Waals surface area contributed by atoms with Gasteiger partial charge in [-0.2, -0.15) is 0 Å². The van der Waals surface area contributed by atoms with Crippen LogP contribution in [0.4, 0.5) is 0 Å². The zero-order valence-electron chi connectivity index (χ0n) is 30.6. The molecule has 11 rings (SSSR count). The molecule has 0 unspecified atom stereocenters. The number of thioether (sulfide) groups is 1. The van der Waals surface area contributed by atoms with Crippen molar-refractivity contribution < 1.29 is 43.9 Å². The van der Waals surface area contributed by atoms with Gasteiger partial charge in [0.2, 0.25) is 6.79 Å². The third kappa shape index (κ3) is 4.31. The number of carbonyl (C=O) groups excluding carboxylic acids is 1. The number of aliphatic carboxylic acids is 1. The zero-order chi connectivity index (χ0) is 37.5. The van der Waals surface area contributed by atoms with E-state index in [-0.39, 0.29) is 37.4 Å². The van der Waals surface area contributed by atoms with E-state index in [2.05, 4.69) is 33.1 Å². The van der Waals surface area contributed by atoms with Gasteiger partial charge in [-0.15, -0.1) is 11.8 Å². The molecule has 14 heteroatoms. The number of aliphatic hydroxyl groups is 1. The van der Waals surface area contributed by atoms with Crippen LogP contribution in [0, 0.1) is 20.8 Å². The van der Waals surface area contributed by atoms with Gasteiger partial charge in [-0.1, -0.05) is 24.3 Å². The predicted octanol–water partition coefficient (Wildman–Crippen LogP) is 4.02. The molecule has 4 bridgehead atoms. The SMILES string of the molecule is COc1c(C)cc2c(c1O)[C@@H]1[C@@H]3[C@@H]4SC[C@]5(N[C@H](C(=O)O)Cc6c5[nH]c5ccccc65)C(=O)OC[C@@H](c5c6c(c(C)c(C)c54)OCO6)N3[C@@H](O)[C@H](C2)N1C. The fraction of sp³-hybridized carbons (Fsp3) is 0.450. The molecule has 7 aliphatic rings. The number of para-hydroxylation sites is 1. The fourth-order valence-electron chi connectivity index (χ4n) is 10.6. The molecule has 282 valence electrons. The number of aromatic amines is 1. The number of carboxylic acids is 1. The van der Waals surface area contributed by atoms with Crippen LogP contribution in [0.5, 0.6) is 23.0 Å². The number of rotatable bonds is 2. The lowest BCUT2D eigenvalue weighted by Crippen LogP contribution is -2.70. The number of methoxy groups -OCH3 is 1. The van der Waals surface area contributed by atoms with Gasteiger partial charge >= 0.3 is 11.9 Å². The van der Waals surface area contributed by atoms with Gasteiger partial charge in [0.25, 0.3) is 0 Å². The molecular formula is C40H42N4O9S. The maximum Gasteiger partial charge on any atom is 0.333 e. The third-order valence-electron chi connectivity index (χ3n) is 13.1. The number of carboxylic acid groups (broad SMARTS) is 1. The molecule has 2 saturated heterocycles. The number of aliphatic hydroxyl groups excluding tert-OH is 1. The number of hydrogen-bond acceptors (Lipinski definition) is 12. The first kappa shape index (κ1) is 34.1. The van der Waals surface area contributed by atoms with Crippen molar-refractivity contribution in [3.05, 3.63) is 80.5 Å². The highest BCUT2D eigenvalue weighted by Gasteiger charge is 2.61. The van der Waals surface area contributed by atoms with E-state index >= 15 is 0 Å². The Hall–Kier alpha value is -4.47. The standard InChI is InChI=1S/C40H42N4O9S/c1-16-10-19-11-24-37(46)44-25-13-51-39(49)40(36-21(12-23(42-40)38(47)48)20-8-6-7-9-22(20)41-36)14-54-35(26-17(2)18(3)33-34(28(25)26)53-15-52-33)30(44)29(43(24)4)27(19)31(45)32(16)50-5/h6-10,23-25,29-30,35,37,41-42,45-46H,11-15H2,1-5H3,(H,47,48)/t23-,24-,25-,29+,30+,35+,37-,40+/m0/s1. The quantitative estimate of drug-likeness (QED) is 0.187. The van der Waals surface area contributed by atoms with E-state index in [4.69, 9.17) is 18.9 Å². The average Bonchev–Trinajstić information content (AvgIpc) is 3.80. The Morgan fingerprint density at radius 2 is 1.83 bits per heavy atom. The Morgan fingerprint density at radius 3 is 2.61 bits per heavy atom. The number of aromatic hydroxyl groups is 1. The summed E-state index contributed by atoms with van der Waals surface area (Å²) in [5, 5.41) is 38.7. The summed E-state index contributed by atoms with van der Waals surface area (Å²) in [5.74, 6) is 0.184. The summed E-state index contributed by atoms with van der Waals surface area (Å²) in [4.78, 5) is 35.4. The highest BCUT2D eigenvalue weighted by atomic mass is 32.2. The van der Waals surface area contributed by atoms with Crippen molar-refractivity contribution in [2.75, 3.05) is 33.3 Å². The van der Waals surface area contributed by atoms with E-state index in [0.29, 0.717) is 29.4 Å². The summed E-state index contributed by atoms with van der Waals surface area (Å²) in [6.07, 6.45) is -0.301. The summed E-state index contributed by atoms with van der Waals surface area (Å²) in [5.41, 5.74) is 6.94. The smallest absolute Gasteiger partial charge is 0.333 e. The number of piperazine rings is 1. The number of hydrogen-bond donors (Lipinski definition) is 5. The fourth-order valence-corrected chi connectivity index (χ4v) is 12.3. The van der Waals surface area contributed by atoms with Crippen LogP contribution >= 0.6 is 11.8 Å². The molecule has 0 saturated carbocycles. The number of ether oxygens (including phenoxy) is 4. The number of likely N-dealkylation sites (N-methyl/N-ethyl adjacent to an activating group) is 1. The van der Waals surface area contributed by atoms with Gasteiger partial charge in [0, 0.05) is 45.5 Å². The van der Waals surface area contributed by atoms with E-state index in [1.165, 1.54) is 11.8 Å². The first-order valence-corrected chi connectivity index (χ1v) is 19.4. The highest BCUT2D eigenvalue weighted by Crippen LogP contribution is 2.63. The molecule has 2 fully saturated rings. The number of fused-ring (bicyclic) bond motifs is 11. The van der Waals surface area contributed by atoms with E-state index in [0.717, 1.165) is 55.4 Å². The second-order valence-corrected chi connectivity index (χ2v) is 16.7. The second kappa shape index (κ2) is 11.8. The van der Waals surface area contributed by atoms with Gasteiger partial charge in [-0.3, -0.25) is 19.9 Å². The van der Waals surface area contributed by atoms with Crippen molar-refractivity contribution >= 4 is 34.6 Å². The van der Waals surface area contributed by atoms with Crippen LogP contribution in [0.2, 0.25) is 0 Å². The molecule has 54 heavy (non-hydrogen) atoms. The first-order valence-electron chi connectivity index (χ1n) is 18.4. The van der Waals surface area contributed by atoms with Crippen LogP contribution in [0.15, 0.2) is 30.3 Å². The summed E-state index contributed by atoms with van der Waals surface area (Å²) >= 11 is 1.53. The molecule has 1 spiro atoms. The Labute approximate surface area is 315 Å². The molecule has 0 radical (unpaired) electrons. The Balaban J connectivity index is 1.23. The van der Waals surface area contributed by atoms with Gasteiger partial charge in [0.05, 0.1) is 30.9 Å². The van der Waals surface area contributed by atoms with Crippen molar-refractivity contribution in [2.24, 2.45) is 0 Å². The predicted molar refractivity (Wildman–Crippen MR) is 198 cm³/mol. The van der Waals surface area contributed by atoms with E-state index < -0.39 is 53.1 Å². The number of benzene rings is 3. The van der Waals surface area contributed by atoms with Gasteiger partial charge in [-0.05, 0) is 73.7 Å². The second-order valence-electron chi connectivity index (χ2n) is 15.5. The number of nitrogens with zero attached hydrogens (tertiary/aromatic N) is 2. The number of aromatic nitrogens is 1. The van der Waals surface area contributed by atoms with Crippen LogP contribution in [0.25, 0.3) is 10.9 Å². The molecule has 1 aromatic heterocycles. The van der Waals surface area contributed by atoms with Gasteiger partial charge in [-0.25, -0.2) is 4.79 Å². The molecule has 0 aliphatic carbocycles. The molecule has 5 N–H and O–H groups in total.